The zero-order valence-electron chi connectivity index (χ0n) is 16.4. The lowest BCUT2D eigenvalue weighted by Crippen LogP contribution is -2.42. The van der Waals surface area contributed by atoms with E-state index in [2.05, 4.69) is 10.0 Å². The third-order valence-corrected chi connectivity index (χ3v) is 5.73. The number of nitrogens with one attached hydrogen (secondary N) is 2. The molecule has 7 nitrogen and oxygen atoms in total. The average molecular weight is 407 g/mol. The van der Waals surface area contributed by atoms with E-state index in [4.69, 9.17) is 4.74 Å². The Balaban J connectivity index is 2.07. The number of hydrogen-bond donors (Lipinski definition) is 3. The van der Waals surface area contributed by atoms with Crippen molar-refractivity contribution < 1.29 is 23.1 Å². The second-order valence-corrected chi connectivity index (χ2v) is 8.74. The SMILES string of the molecule is COc1ccc(C[C@@](C)(O)CNS(=O)(=O)c2ccc(NC(C)=O)cc2C)cc1. The van der Waals surface area contributed by atoms with Crippen LogP contribution in [-0.4, -0.2) is 38.7 Å². The second kappa shape index (κ2) is 8.72. The third-order valence-electron chi connectivity index (χ3n) is 4.17. The zero-order valence-corrected chi connectivity index (χ0v) is 17.3. The molecule has 0 aromatic heterocycles. The van der Waals surface area contributed by atoms with Crippen LogP contribution in [0.5, 0.6) is 5.75 Å². The second-order valence-electron chi connectivity index (χ2n) is 7.01. The largest absolute Gasteiger partial charge is 0.497 e. The Morgan fingerprint density at radius 2 is 1.82 bits per heavy atom. The van der Waals surface area contributed by atoms with Gasteiger partial charge in [0.05, 0.1) is 17.6 Å². The van der Waals surface area contributed by atoms with Crippen LogP contribution in [0.15, 0.2) is 47.4 Å². The smallest absolute Gasteiger partial charge is 0.240 e. The number of hydrogen-bond acceptors (Lipinski definition) is 5. The van der Waals surface area contributed by atoms with Crippen molar-refractivity contribution in [3.8, 4) is 5.75 Å². The number of benzene rings is 2. The van der Waals surface area contributed by atoms with Gasteiger partial charge in [0.25, 0.3) is 0 Å². The van der Waals surface area contributed by atoms with Gasteiger partial charge in [-0.1, -0.05) is 12.1 Å². The molecule has 0 aliphatic heterocycles. The van der Waals surface area contributed by atoms with Crippen LogP contribution in [0.1, 0.15) is 25.0 Å². The highest BCUT2D eigenvalue weighted by atomic mass is 32.2. The van der Waals surface area contributed by atoms with Gasteiger partial charge in [-0.3, -0.25) is 4.79 Å². The Kier molecular flexibility index (Phi) is 6.82. The highest BCUT2D eigenvalue weighted by Gasteiger charge is 2.25. The summed E-state index contributed by atoms with van der Waals surface area (Å²) in [6.45, 7) is 4.46. The number of aryl methyl sites for hydroxylation is 1. The summed E-state index contributed by atoms with van der Waals surface area (Å²) >= 11 is 0. The van der Waals surface area contributed by atoms with E-state index in [1.807, 2.05) is 12.1 Å². The molecule has 0 aliphatic rings. The molecule has 2 rings (SSSR count). The Labute approximate surface area is 165 Å². The fraction of sp³-hybridized carbons (Fsp3) is 0.350. The number of sulfonamides is 1. The molecule has 152 valence electrons. The maximum atomic E-state index is 12.6. The van der Waals surface area contributed by atoms with Crippen molar-refractivity contribution in [2.45, 2.75) is 37.7 Å². The van der Waals surface area contributed by atoms with Gasteiger partial charge in [0, 0.05) is 25.6 Å². The molecule has 3 N–H and O–H groups in total. The summed E-state index contributed by atoms with van der Waals surface area (Å²) in [5.41, 5.74) is 0.607. The summed E-state index contributed by atoms with van der Waals surface area (Å²) in [6.07, 6.45) is 0.278. The van der Waals surface area contributed by atoms with E-state index in [9.17, 15) is 18.3 Å². The van der Waals surface area contributed by atoms with E-state index in [0.717, 1.165) is 5.56 Å². The minimum atomic E-state index is -3.82. The number of rotatable bonds is 8. The Hall–Kier alpha value is -2.42. The van der Waals surface area contributed by atoms with Gasteiger partial charge < -0.3 is 15.2 Å². The molecule has 8 heteroatoms. The first-order valence-corrected chi connectivity index (χ1v) is 10.2. The number of carbonyl (C=O) groups excluding carboxylic acids is 1. The number of anilines is 1. The molecular formula is C20H26N2O5S. The quantitative estimate of drug-likeness (QED) is 0.624. The minimum absolute atomic E-state index is 0.0989. The predicted octanol–water partition coefficient (Wildman–Crippen LogP) is 2.23. The van der Waals surface area contributed by atoms with Gasteiger partial charge in [-0.15, -0.1) is 0 Å². The van der Waals surface area contributed by atoms with Crippen LogP contribution < -0.4 is 14.8 Å². The van der Waals surface area contributed by atoms with E-state index in [-0.39, 0.29) is 23.8 Å². The molecule has 0 saturated carbocycles. The van der Waals surface area contributed by atoms with Crippen molar-refractivity contribution in [3.05, 3.63) is 53.6 Å². The molecule has 0 bridgehead atoms. The molecule has 0 unspecified atom stereocenters. The molecule has 0 spiro atoms. The molecule has 1 amide bonds. The lowest BCUT2D eigenvalue weighted by atomic mass is 9.97. The minimum Gasteiger partial charge on any atom is -0.497 e. The van der Waals surface area contributed by atoms with Crippen molar-refractivity contribution in [1.29, 1.82) is 0 Å². The number of carbonyl (C=O) groups is 1. The van der Waals surface area contributed by atoms with Crippen molar-refractivity contribution >= 4 is 21.6 Å². The standard InChI is InChI=1S/C20H26N2O5S/c1-14-11-17(22-15(2)23)7-10-19(14)28(25,26)21-13-20(3,24)12-16-5-8-18(27-4)9-6-16/h5-11,21,24H,12-13H2,1-4H3,(H,22,23)/t20-/m1/s1. The lowest BCUT2D eigenvalue weighted by Gasteiger charge is -2.24. The molecule has 28 heavy (non-hydrogen) atoms. The molecule has 2 aromatic rings. The van der Waals surface area contributed by atoms with Crippen LogP contribution in [0.2, 0.25) is 0 Å². The average Bonchev–Trinajstić information content (AvgIpc) is 2.60. The topological polar surface area (TPSA) is 105 Å². The molecule has 0 saturated heterocycles. The van der Waals surface area contributed by atoms with E-state index in [1.165, 1.54) is 19.1 Å². The van der Waals surface area contributed by atoms with Crippen molar-refractivity contribution in [1.82, 2.24) is 4.72 Å². The van der Waals surface area contributed by atoms with E-state index in [0.29, 0.717) is 17.0 Å². The van der Waals surface area contributed by atoms with Gasteiger partial charge in [0.1, 0.15) is 5.75 Å². The highest BCUT2D eigenvalue weighted by Crippen LogP contribution is 2.21. The molecular weight excluding hydrogens is 380 g/mol. The summed E-state index contributed by atoms with van der Waals surface area (Å²) in [5, 5.41) is 13.2. The normalized spacial score (nSPS) is 13.6. The molecule has 0 heterocycles. The van der Waals surface area contributed by atoms with Crippen LogP contribution in [0.3, 0.4) is 0 Å². The summed E-state index contributed by atoms with van der Waals surface area (Å²) in [7, 11) is -2.24. The number of aliphatic hydroxyl groups is 1. The third kappa shape index (κ3) is 6.05. The maximum absolute atomic E-state index is 12.6. The van der Waals surface area contributed by atoms with Crippen molar-refractivity contribution in [2.75, 3.05) is 19.0 Å². The Bertz CT molecular complexity index is 938. The van der Waals surface area contributed by atoms with Crippen LogP contribution in [0, 0.1) is 6.92 Å². The van der Waals surface area contributed by atoms with Gasteiger partial charge >= 0.3 is 0 Å². The van der Waals surface area contributed by atoms with Crippen LogP contribution in [0.25, 0.3) is 0 Å². The van der Waals surface area contributed by atoms with Crippen LogP contribution in [-0.2, 0) is 21.2 Å². The maximum Gasteiger partial charge on any atom is 0.240 e. The van der Waals surface area contributed by atoms with Gasteiger partial charge in [-0.2, -0.15) is 0 Å². The van der Waals surface area contributed by atoms with E-state index >= 15 is 0 Å². The first kappa shape index (κ1) is 21.9. The number of methoxy groups -OCH3 is 1. The fourth-order valence-electron chi connectivity index (χ4n) is 2.81. The van der Waals surface area contributed by atoms with Crippen LogP contribution in [0.4, 0.5) is 5.69 Å². The number of amides is 1. The fourth-order valence-corrected chi connectivity index (χ4v) is 4.19. The summed E-state index contributed by atoms with van der Waals surface area (Å²) in [4.78, 5) is 11.2. The number of ether oxygens (including phenoxy) is 1. The highest BCUT2D eigenvalue weighted by molar-refractivity contribution is 7.89. The zero-order chi connectivity index (χ0) is 20.9. The van der Waals surface area contributed by atoms with Crippen LogP contribution >= 0.6 is 0 Å². The van der Waals surface area contributed by atoms with Crippen molar-refractivity contribution in [3.63, 3.8) is 0 Å². The first-order chi connectivity index (χ1) is 13.0. The first-order valence-electron chi connectivity index (χ1n) is 8.76. The monoisotopic (exact) mass is 406 g/mol. The molecule has 0 fully saturated rings. The summed E-state index contributed by atoms with van der Waals surface area (Å²) in [6, 6.07) is 11.8. The van der Waals surface area contributed by atoms with E-state index < -0.39 is 15.6 Å². The van der Waals surface area contributed by atoms with Crippen molar-refractivity contribution in [2.24, 2.45) is 0 Å². The van der Waals surface area contributed by atoms with Gasteiger partial charge in [-0.05, 0) is 55.3 Å². The molecule has 2 aromatic carbocycles. The Morgan fingerprint density at radius 3 is 2.36 bits per heavy atom. The molecule has 1 atom stereocenters. The molecule has 0 radical (unpaired) electrons. The summed E-state index contributed by atoms with van der Waals surface area (Å²) < 4.78 is 32.9. The predicted molar refractivity (Wildman–Crippen MR) is 108 cm³/mol. The Morgan fingerprint density at radius 1 is 1.18 bits per heavy atom. The molecule has 0 aliphatic carbocycles. The summed E-state index contributed by atoms with van der Waals surface area (Å²) in [5.74, 6) is 0.477. The lowest BCUT2D eigenvalue weighted by molar-refractivity contribution is -0.114. The van der Waals surface area contributed by atoms with Gasteiger partial charge in [0.2, 0.25) is 15.9 Å². The van der Waals surface area contributed by atoms with Gasteiger partial charge in [0.15, 0.2) is 0 Å². The van der Waals surface area contributed by atoms with Gasteiger partial charge in [-0.25, -0.2) is 13.1 Å². The van der Waals surface area contributed by atoms with E-state index in [1.54, 1.807) is 39.2 Å².